The third kappa shape index (κ3) is 2.15. The molecule has 8 heteroatoms. The number of hydrogen-bond acceptors (Lipinski definition) is 5. The fourth-order valence-corrected chi connectivity index (χ4v) is 2.98. The van der Waals surface area contributed by atoms with Gasteiger partial charge in [-0.2, -0.15) is 0 Å². The Hall–Kier alpha value is -3.16. The Balaban J connectivity index is 1.44. The highest BCUT2D eigenvalue weighted by Crippen LogP contribution is 2.37. The van der Waals surface area contributed by atoms with Crippen LogP contribution >= 0.6 is 0 Å². The first-order chi connectivity index (χ1) is 11.8. The molecule has 8 nitrogen and oxygen atoms in total. The van der Waals surface area contributed by atoms with Crippen molar-refractivity contribution in [1.82, 2.24) is 29.5 Å². The van der Waals surface area contributed by atoms with E-state index in [-0.39, 0.29) is 5.69 Å². The molecular weight excluding hydrogens is 306 g/mol. The Morgan fingerprint density at radius 1 is 1.17 bits per heavy atom. The Morgan fingerprint density at radius 2 is 2.04 bits per heavy atom. The molecule has 0 saturated heterocycles. The molecule has 1 fully saturated rings. The lowest BCUT2D eigenvalue weighted by atomic mass is 10.2. The fourth-order valence-electron chi connectivity index (χ4n) is 2.98. The van der Waals surface area contributed by atoms with Crippen LogP contribution in [-0.2, 0) is 6.54 Å². The van der Waals surface area contributed by atoms with Crippen molar-refractivity contribution in [1.29, 1.82) is 0 Å². The number of fused-ring (bicyclic) bond motifs is 2. The van der Waals surface area contributed by atoms with Crippen LogP contribution in [0.1, 0.15) is 24.4 Å². The lowest BCUT2D eigenvalue weighted by Gasteiger charge is -2.06. The Labute approximate surface area is 136 Å². The molecule has 0 aliphatic heterocycles. The van der Waals surface area contributed by atoms with Gasteiger partial charge in [0.05, 0.1) is 17.4 Å². The van der Waals surface area contributed by atoms with Crippen LogP contribution in [0.2, 0.25) is 0 Å². The lowest BCUT2D eigenvalue weighted by Crippen LogP contribution is -2.03. The highest BCUT2D eigenvalue weighted by Gasteiger charge is 2.26. The van der Waals surface area contributed by atoms with E-state index >= 15 is 0 Å². The normalized spacial score (nSPS) is 14.5. The molecule has 1 saturated carbocycles. The highest BCUT2D eigenvalue weighted by molar-refractivity contribution is 5.83. The molecule has 3 aromatic heterocycles. The number of aromatic amines is 2. The fraction of sp³-hybridized carbons (Fsp3) is 0.250. The number of rotatable bonds is 4. The smallest absolute Gasteiger partial charge is 0.323 e. The summed E-state index contributed by atoms with van der Waals surface area (Å²) in [6.07, 6.45) is 5.79. The summed E-state index contributed by atoms with van der Waals surface area (Å²) in [6.45, 7) is 0.589. The summed E-state index contributed by atoms with van der Waals surface area (Å²) in [7, 11) is 0. The second kappa shape index (κ2) is 4.92. The maximum Gasteiger partial charge on any atom is 0.323 e. The minimum atomic E-state index is -0.196. The third-order valence-corrected chi connectivity index (χ3v) is 4.34. The van der Waals surface area contributed by atoms with Crippen LogP contribution < -0.4 is 11.0 Å². The maximum absolute atomic E-state index is 11.3. The van der Waals surface area contributed by atoms with Crippen LogP contribution in [0.15, 0.2) is 35.6 Å². The van der Waals surface area contributed by atoms with Crippen molar-refractivity contribution in [3.05, 3.63) is 46.9 Å². The summed E-state index contributed by atoms with van der Waals surface area (Å²) < 4.78 is 2.12. The molecule has 24 heavy (non-hydrogen) atoms. The molecule has 0 bridgehead atoms. The quantitative estimate of drug-likeness (QED) is 0.533. The van der Waals surface area contributed by atoms with Crippen molar-refractivity contribution < 1.29 is 0 Å². The average Bonchev–Trinajstić information content (AvgIpc) is 3.22. The van der Waals surface area contributed by atoms with Gasteiger partial charge in [0.2, 0.25) is 0 Å². The molecule has 0 radical (unpaired) electrons. The Kier molecular flexibility index (Phi) is 2.72. The zero-order chi connectivity index (χ0) is 16.1. The number of anilines is 1. The first kappa shape index (κ1) is 13.3. The van der Waals surface area contributed by atoms with Gasteiger partial charge in [-0.05, 0) is 30.5 Å². The maximum atomic E-state index is 11.3. The van der Waals surface area contributed by atoms with E-state index < -0.39 is 0 Å². The topological polar surface area (TPSA) is 104 Å². The Bertz CT molecular complexity index is 1100. The highest BCUT2D eigenvalue weighted by atomic mass is 16.1. The number of hydrogen-bond donors (Lipinski definition) is 3. The zero-order valence-corrected chi connectivity index (χ0v) is 12.8. The van der Waals surface area contributed by atoms with E-state index in [0.717, 1.165) is 33.6 Å². The van der Waals surface area contributed by atoms with Crippen molar-refractivity contribution in [3.63, 3.8) is 0 Å². The van der Waals surface area contributed by atoms with Gasteiger partial charge in [0.25, 0.3) is 0 Å². The van der Waals surface area contributed by atoms with Gasteiger partial charge >= 0.3 is 5.69 Å². The largest absolute Gasteiger partial charge is 0.364 e. The molecule has 1 aliphatic rings. The van der Waals surface area contributed by atoms with E-state index in [4.69, 9.17) is 0 Å². The van der Waals surface area contributed by atoms with Crippen molar-refractivity contribution in [2.45, 2.75) is 25.4 Å². The van der Waals surface area contributed by atoms with Crippen molar-refractivity contribution in [2.24, 2.45) is 0 Å². The molecule has 0 amide bonds. The number of imidazole rings is 2. The molecule has 0 unspecified atom stereocenters. The number of nitrogens with one attached hydrogen (secondary N) is 3. The van der Waals surface area contributed by atoms with Gasteiger partial charge in [-0.25, -0.2) is 19.7 Å². The van der Waals surface area contributed by atoms with Crippen LogP contribution in [0.4, 0.5) is 5.82 Å². The van der Waals surface area contributed by atoms with E-state index in [1.54, 1.807) is 6.33 Å². The number of H-pyrrole nitrogens is 2. The monoisotopic (exact) mass is 321 g/mol. The molecule has 5 rings (SSSR count). The summed E-state index contributed by atoms with van der Waals surface area (Å²) in [5, 5.41) is 3.32. The van der Waals surface area contributed by atoms with Gasteiger partial charge < -0.3 is 19.9 Å². The molecule has 3 N–H and O–H groups in total. The van der Waals surface area contributed by atoms with E-state index in [0.29, 0.717) is 12.6 Å². The summed E-state index contributed by atoms with van der Waals surface area (Å²) in [5.41, 5.74) is 4.12. The number of aromatic nitrogens is 6. The van der Waals surface area contributed by atoms with Gasteiger partial charge in [-0.3, -0.25) is 0 Å². The van der Waals surface area contributed by atoms with Gasteiger partial charge in [-0.1, -0.05) is 6.07 Å². The van der Waals surface area contributed by atoms with Crippen LogP contribution in [0.3, 0.4) is 0 Å². The van der Waals surface area contributed by atoms with Gasteiger partial charge in [-0.15, -0.1) is 0 Å². The van der Waals surface area contributed by atoms with Crippen molar-refractivity contribution >= 4 is 28.0 Å². The Morgan fingerprint density at radius 3 is 2.92 bits per heavy atom. The van der Waals surface area contributed by atoms with E-state index in [1.165, 1.54) is 12.8 Å². The third-order valence-electron chi connectivity index (χ3n) is 4.34. The molecule has 4 aromatic rings. The van der Waals surface area contributed by atoms with Crippen LogP contribution in [0, 0.1) is 0 Å². The molecular formula is C16H15N7O. The first-order valence-electron chi connectivity index (χ1n) is 7.90. The molecule has 1 aromatic carbocycles. The van der Waals surface area contributed by atoms with Gasteiger partial charge in [0.1, 0.15) is 11.8 Å². The van der Waals surface area contributed by atoms with E-state index in [2.05, 4.69) is 34.8 Å². The second-order valence-electron chi connectivity index (χ2n) is 6.09. The molecule has 3 heterocycles. The standard InChI is InChI=1S/C16H15N7O/c24-16-21-11-4-1-9(5-12(11)22-16)6-17-14-13-15(19-7-18-14)23(8-20-13)10-2-3-10/h1,4-5,7-8,10H,2-3,6H2,(H,17,18,19)(H2,21,22,24). The summed E-state index contributed by atoms with van der Waals surface area (Å²) >= 11 is 0. The van der Waals surface area contributed by atoms with Crippen molar-refractivity contribution in [2.75, 3.05) is 5.32 Å². The minimum Gasteiger partial charge on any atom is -0.364 e. The van der Waals surface area contributed by atoms with Crippen molar-refractivity contribution in [3.8, 4) is 0 Å². The summed E-state index contributed by atoms with van der Waals surface area (Å²) in [6, 6.07) is 6.34. The van der Waals surface area contributed by atoms with Crippen LogP contribution in [-0.4, -0.2) is 29.5 Å². The zero-order valence-electron chi connectivity index (χ0n) is 12.8. The predicted molar refractivity (Wildman–Crippen MR) is 89.8 cm³/mol. The van der Waals surface area contributed by atoms with Gasteiger partial charge in [0.15, 0.2) is 11.5 Å². The SMILES string of the molecule is O=c1[nH]c2ccc(CNc3ncnc4c3ncn4C3CC3)cc2[nH]1. The summed E-state index contributed by atoms with van der Waals surface area (Å²) in [4.78, 5) is 30.0. The van der Waals surface area contributed by atoms with Gasteiger partial charge in [0, 0.05) is 12.6 Å². The molecule has 120 valence electrons. The summed E-state index contributed by atoms with van der Waals surface area (Å²) in [5.74, 6) is 0.724. The van der Waals surface area contributed by atoms with E-state index in [9.17, 15) is 4.79 Å². The molecule has 1 aliphatic carbocycles. The predicted octanol–water partition coefficient (Wildman–Crippen LogP) is 1.94. The first-order valence-corrected chi connectivity index (χ1v) is 7.90. The second-order valence-corrected chi connectivity index (χ2v) is 6.09. The van der Waals surface area contributed by atoms with Crippen LogP contribution in [0.25, 0.3) is 22.2 Å². The lowest BCUT2D eigenvalue weighted by molar-refractivity contribution is 0.756. The number of nitrogens with zero attached hydrogens (tertiary/aromatic N) is 4. The number of benzene rings is 1. The van der Waals surface area contributed by atoms with Crippen LogP contribution in [0.5, 0.6) is 0 Å². The molecule has 0 atom stereocenters. The molecule has 0 spiro atoms. The van der Waals surface area contributed by atoms with E-state index in [1.807, 2.05) is 24.5 Å². The average molecular weight is 321 g/mol. The minimum absolute atomic E-state index is 0.196.